The number of benzene rings is 1. The fraction of sp³-hybridized carbons (Fsp3) is 0.462. The van der Waals surface area contributed by atoms with Gasteiger partial charge in [0, 0.05) is 12.6 Å². The molecule has 0 bridgehead atoms. The van der Waals surface area contributed by atoms with Crippen LogP contribution >= 0.6 is 0 Å². The fourth-order valence-electron chi connectivity index (χ4n) is 2.21. The predicted octanol–water partition coefficient (Wildman–Crippen LogP) is 1.48. The quantitative estimate of drug-likeness (QED) is 0.742. The Hall–Kier alpha value is -1.39. The third-order valence-electron chi connectivity index (χ3n) is 3.28. The highest BCUT2D eigenvalue weighted by atomic mass is 16.4. The molecule has 3 atom stereocenters. The molecule has 92 valence electrons. The van der Waals surface area contributed by atoms with Gasteiger partial charge in [0.25, 0.3) is 0 Å². The van der Waals surface area contributed by atoms with Crippen LogP contribution in [-0.4, -0.2) is 22.7 Å². The monoisotopic (exact) mass is 235 g/mol. The number of aliphatic hydroxyl groups is 1. The van der Waals surface area contributed by atoms with Crippen LogP contribution in [0.5, 0.6) is 0 Å². The number of nitrogens with one attached hydrogen (secondary N) is 1. The van der Waals surface area contributed by atoms with E-state index in [0.29, 0.717) is 13.0 Å². The minimum Gasteiger partial charge on any atom is -0.481 e. The van der Waals surface area contributed by atoms with Crippen molar-refractivity contribution in [3.63, 3.8) is 0 Å². The fourth-order valence-corrected chi connectivity index (χ4v) is 2.21. The van der Waals surface area contributed by atoms with Crippen LogP contribution in [0.1, 0.15) is 36.6 Å². The second-order valence-electron chi connectivity index (χ2n) is 4.58. The largest absolute Gasteiger partial charge is 0.481 e. The number of carboxylic acids is 1. The zero-order valence-electron chi connectivity index (χ0n) is 9.76. The summed E-state index contributed by atoms with van der Waals surface area (Å²) in [6.07, 6.45) is 0.116. The van der Waals surface area contributed by atoms with Gasteiger partial charge in [-0.15, -0.1) is 0 Å². The number of aliphatic hydroxyl groups excluding tert-OH is 1. The molecule has 1 aromatic carbocycles. The van der Waals surface area contributed by atoms with E-state index in [-0.39, 0.29) is 12.0 Å². The zero-order valence-corrected chi connectivity index (χ0v) is 9.76. The number of hydrogen-bond donors (Lipinski definition) is 3. The molecule has 1 aliphatic rings. The summed E-state index contributed by atoms with van der Waals surface area (Å²) in [5, 5.41) is 21.7. The molecule has 2 rings (SSSR count). The van der Waals surface area contributed by atoms with Gasteiger partial charge in [0.2, 0.25) is 0 Å². The highest BCUT2D eigenvalue weighted by molar-refractivity contribution is 5.70. The first kappa shape index (κ1) is 12.1. The Morgan fingerprint density at radius 1 is 1.53 bits per heavy atom. The van der Waals surface area contributed by atoms with E-state index in [4.69, 9.17) is 5.11 Å². The molecular weight excluding hydrogens is 218 g/mol. The number of rotatable bonds is 3. The Morgan fingerprint density at radius 3 is 2.88 bits per heavy atom. The molecule has 3 unspecified atom stereocenters. The van der Waals surface area contributed by atoms with Gasteiger partial charge >= 0.3 is 5.97 Å². The Morgan fingerprint density at radius 2 is 2.29 bits per heavy atom. The smallest absolute Gasteiger partial charge is 0.307 e. The summed E-state index contributed by atoms with van der Waals surface area (Å²) in [4.78, 5) is 10.9. The average Bonchev–Trinajstić information content (AvgIpc) is 2.78. The second kappa shape index (κ2) is 4.85. The Bertz CT molecular complexity index is 417. The van der Waals surface area contributed by atoms with Crippen molar-refractivity contribution in [3.8, 4) is 0 Å². The van der Waals surface area contributed by atoms with E-state index in [2.05, 4.69) is 5.32 Å². The summed E-state index contributed by atoms with van der Waals surface area (Å²) in [5.74, 6) is -1.05. The average molecular weight is 235 g/mol. The maximum absolute atomic E-state index is 10.9. The van der Waals surface area contributed by atoms with Crippen molar-refractivity contribution < 1.29 is 15.0 Å². The van der Waals surface area contributed by atoms with Gasteiger partial charge in [-0.3, -0.25) is 4.79 Å². The third kappa shape index (κ3) is 2.65. The van der Waals surface area contributed by atoms with Crippen LogP contribution in [0.15, 0.2) is 24.3 Å². The number of carbonyl (C=O) groups is 1. The lowest BCUT2D eigenvalue weighted by Gasteiger charge is -2.13. The Kier molecular flexibility index (Phi) is 3.45. The van der Waals surface area contributed by atoms with Crippen LogP contribution in [0.3, 0.4) is 0 Å². The van der Waals surface area contributed by atoms with Gasteiger partial charge in [0.15, 0.2) is 0 Å². The van der Waals surface area contributed by atoms with Crippen LogP contribution in [0, 0.1) is 5.92 Å². The van der Waals surface area contributed by atoms with E-state index in [9.17, 15) is 9.90 Å². The Labute approximate surface area is 100 Å². The molecular formula is C13H17NO3. The molecule has 0 amide bonds. The van der Waals surface area contributed by atoms with Gasteiger partial charge in [-0.25, -0.2) is 0 Å². The van der Waals surface area contributed by atoms with Crippen molar-refractivity contribution in [3.05, 3.63) is 35.4 Å². The number of hydrogen-bond acceptors (Lipinski definition) is 3. The Balaban J connectivity index is 2.13. The SMILES string of the molecule is CC(O)c1cccc(C2CC(C(=O)O)CN2)c1. The van der Waals surface area contributed by atoms with Crippen molar-refractivity contribution in [2.45, 2.75) is 25.5 Å². The van der Waals surface area contributed by atoms with E-state index in [1.165, 1.54) is 0 Å². The van der Waals surface area contributed by atoms with Gasteiger partial charge in [0.1, 0.15) is 0 Å². The molecule has 0 aliphatic carbocycles. The molecule has 3 N–H and O–H groups in total. The molecule has 0 spiro atoms. The lowest BCUT2D eigenvalue weighted by molar-refractivity contribution is -0.141. The predicted molar refractivity (Wildman–Crippen MR) is 63.6 cm³/mol. The first-order valence-electron chi connectivity index (χ1n) is 5.82. The van der Waals surface area contributed by atoms with E-state index >= 15 is 0 Å². The zero-order chi connectivity index (χ0) is 12.4. The molecule has 1 aromatic rings. The minimum absolute atomic E-state index is 0.0785. The van der Waals surface area contributed by atoms with E-state index in [1.54, 1.807) is 6.92 Å². The standard InChI is InChI=1S/C13H17NO3/c1-8(15)9-3-2-4-10(5-9)12-6-11(7-14-12)13(16)17/h2-5,8,11-12,14-15H,6-7H2,1H3,(H,16,17). The maximum atomic E-state index is 10.9. The van der Waals surface area contributed by atoms with Crippen LogP contribution in [0.4, 0.5) is 0 Å². The van der Waals surface area contributed by atoms with Gasteiger partial charge in [-0.05, 0) is 24.5 Å². The molecule has 4 heteroatoms. The third-order valence-corrected chi connectivity index (χ3v) is 3.28. The van der Waals surface area contributed by atoms with E-state index < -0.39 is 12.1 Å². The first-order chi connectivity index (χ1) is 8.08. The summed E-state index contributed by atoms with van der Waals surface area (Å²) in [7, 11) is 0. The molecule has 1 saturated heterocycles. The molecule has 4 nitrogen and oxygen atoms in total. The highest BCUT2D eigenvalue weighted by Gasteiger charge is 2.30. The van der Waals surface area contributed by atoms with Gasteiger partial charge in [-0.1, -0.05) is 24.3 Å². The first-order valence-corrected chi connectivity index (χ1v) is 5.82. The summed E-state index contributed by atoms with van der Waals surface area (Å²) in [5.41, 5.74) is 1.91. The van der Waals surface area contributed by atoms with E-state index in [0.717, 1.165) is 11.1 Å². The van der Waals surface area contributed by atoms with Crippen molar-refractivity contribution in [1.29, 1.82) is 0 Å². The van der Waals surface area contributed by atoms with Crippen LogP contribution in [0.25, 0.3) is 0 Å². The van der Waals surface area contributed by atoms with Crippen LogP contribution in [-0.2, 0) is 4.79 Å². The van der Waals surface area contributed by atoms with Crippen molar-refractivity contribution in [2.24, 2.45) is 5.92 Å². The summed E-state index contributed by atoms with van der Waals surface area (Å²) in [6, 6.07) is 7.75. The van der Waals surface area contributed by atoms with Gasteiger partial charge in [0.05, 0.1) is 12.0 Å². The highest BCUT2D eigenvalue weighted by Crippen LogP contribution is 2.28. The molecule has 17 heavy (non-hydrogen) atoms. The van der Waals surface area contributed by atoms with Crippen molar-refractivity contribution >= 4 is 5.97 Å². The van der Waals surface area contributed by atoms with Crippen LogP contribution in [0.2, 0.25) is 0 Å². The van der Waals surface area contributed by atoms with E-state index in [1.807, 2.05) is 24.3 Å². The molecule has 1 heterocycles. The topological polar surface area (TPSA) is 69.6 Å². The molecule has 1 aliphatic heterocycles. The van der Waals surface area contributed by atoms with Crippen molar-refractivity contribution in [2.75, 3.05) is 6.54 Å². The number of aliphatic carboxylic acids is 1. The van der Waals surface area contributed by atoms with Gasteiger partial charge < -0.3 is 15.5 Å². The summed E-state index contributed by atoms with van der Waals surface area (Å²) in [6.45, 7) is 2.24. The summed E-state index contributed by atoms with van der Waals surface area (Å²) >= 11 is 0. The number of carboxylic acid groups (broad SMARTS) is 1. The molecule has 1 fully saturated rings. The van der Waals surface area contributed by atoms with Gasteiger partial charge in [-0.2, -0.15) is 0 Å². The normalized spacial score (nSPS) is 25.8. The van der Waals surface area contributed by atoms with Crippen LogP contribution < -0.4 is 5.32 Å². The molecule has 0 saturated carbocycles. The lowest BCUT2D eigenvalue weighted by atomic mass is 9.97. The summed E-state index contributed by atoms with van der Waals surface area (Å²) < 4.78 is 0. The molecule has 0 aromatic heterocycles. The van der Waals surface area contributed by atoms with Crippen molar-refractivity contribution in [1.82, 2.24) is 5.32 Å². The second-order valence-corrected chi connectivity index (χ2v) is 4.58. The molecule has 0 radical (unpaired) electrons. The lowest BCUT2D eigenvalue weighted by Crippen LogP contribution is -2.17. The minimum atomic E-state index is -0.744. The maximum Gasteiger partial charge on any atom is 0.307 e.